The van der Waals surface area contributed by atoms with Crippen LogP contribution in [0.1, 0.15) is 17.0 Å². The molecule has 0 radical (unpaired) electrons. The van der Waals surface area contributed by atoms with Crippen molar-refractivity contribution >= 4 is 33.1 Å². The van der Waals surface area contributed by atoms with Gasteiger partial charge in [0.2, 0.25) is 10.0 Å². The summed E-state index contributed by atoms with van der Waals surface area (Å²) in [7, 11) is -3.59. The first-order valence-electron chi connectivity index (χ1n) is 9.67. The van der Waals surface area contributed by atoms with Gasteiger partial charge in [-0.05, 0) is 42.8 Å². The maximum Gasteiger partial charge on any atom is 0.240 e. The van der Waals surface area contributed by atoms with E-state index in [-0.39, 0.29) is 11.4 Å². The summed E-state index contributed by atoms with van der Waals surface area (Å²) < 4.78 is 29.1. The number of aryl methyl sites for hydroxylation is 1. The van der Waals surface area contributed by atoms with Gasteiger partial charge < -0.3 is 5.32 Å². The molecule has 160 valence electrons. The van der Waals surface area contributed by atoms with Crippen molar-refractivity contribution in [3.05, 3.63) is 82.6 Å². The van der Waals surface area contributed by atoms with Gasteiger partial charge in [-0.1, -0.05) is 47.5 Å². The Balaban J connectivity index is 1.43. The predicted molar refractivity (Wildman–Crippen MR) is 120 cm³/mol. The Labute approximate surface area is 185 Å². The molecule has 8 nitrogen and oxygen atoms in total. The summed E-state index contributed by atoms with van der Waals surface area (Å²) in [5.74, 6) is 1.19. The van der Waals surface area contributed by atoms with E-state index in [1.807, 2.05) is 37.3 Å². The van der Waals surface area contributed by atoms with Crippen molar-refractivity contribution in [1.82, 2.24) is 24.5 Å². The van der Waals surface area contributed by atoms with Gasteiger partial charge in [0.1, 0.15) is 5.82 Å². The Bertz CT molecular complexity index is 1310. The maximum absolute atomic E-state index is 12.4. The lowest BCUT2D eigenvalue weighted by molar-refractivity contribution is 0.580. The quantitative estimate of drug-likeness (QED) is 0.422. The number of benzene rings is 2. The van der Waals surface area contributed by atoms with E-state index in [9.17, 15) is 8.42 Å². The standard InChI is InChI=1S/C21H21ClN6O2S/c1-15-6-8-17(9-7-15)31(29,30)24-13-12-21-26-25-20-11-10-19(27-28(20)21)23-14-16-4-2-3-5-18(16)22/h2-11,24H,12-14H2,1H3,(H,23,27). The van der Waals surface area contributed by atoms with Crippen molar-refractivity contribution in [3.63, 3.8) is 0 Å². The molecule has 0 aliphatic heterocycles. The minimum Gasteiger partial charge on any atom is -0.364 e. The Morgan fingerprint density at radius 2 is 1.77 bits per heavy atom. The molecular weight excluding hydrogens is 436 g/mol. The van der Waals surface area contributed by atoms with Crippen LogP contribution in [0.3, 0.4) is 0 Å². The lowest BCUT2D eigenvalue weighted by Gasteiger charge is -2.08. The van der Waals surface area contributed by atoms with E-state index in [2.05, 4.69) is 25.3 Å². The zero-order valence-corrected chi connectivity index (χ0v) is 18.4. The number of halogens is 1. The van der Waals surface area contributed by atoms with Crippen LogP contribution in [0.15, 0.2) is 65.6 Å². The minimum atomic E-state index is -3.59. The van der Waals surface area contributed by atoms with Gasteiger partial charge in [-0.15, -0.1) is 15.3 Å². The first-order valence-corrected chi connectivity index (χ1v) is 11.5. The van der Waals surface area contributed by atoms with Crippen LogP contribution in [0.4, 0.5) is 5.82 Å². The smallest absolute Gasteiger partial charge is 0.240 e. The molecule has 0 aliphatic carbocycles. The van der Waals surface area contributed by atoms with E-state index in [0.29, 0.717) is 35.3 Å². The van der Waals surface area contributed by atoms with E-state index in [1.165, 1.54) is 0 Å². The van der Waals surface area contributed by atoms with Gasteiger partial charge in [-0.2, -0.15) is 4.52 Å². The van der Waals surface area contributed by atoms with Gasteiger partial charge in [0.25, 0.3) is 0 Å². The average Bonchev–Trinajstić information content (AvgIpc) is 3.16. The Morgan fingerprint density at radius 1 is 1.00 bits per heavy atom. The van der Waals surface area contributed by atoms with Crippen LogP contribution in [0.25, 0.3) is 5.65 Å². The first-order chi connectivity index (χ1) is 14.9. The third-order valence-corrected chi connectivity index (χ3v) is 6.56. The highest BCUT2D eigenvalue weighted by Gasteiger charge is 2.14. The second-order valence-corrected chi connectivity index (χ2v) is 9.18. The molecule has 4 aromatic rings. The molecule has 0 aliphatic rings. The van der Waals surface area contributed by atoms with Gasteiger partial charge in [0.05, 0.1) is 4.90 Å². The zero-order chi connectivity index (χ0) is 21.8. The summed E-state index contributed by atoms with van der Waals surface area (Å²) in [5.41, 5.74) is 2.54. The van der Waals surface area contributed by atoms with Crippen LogP contribution in [-0.4, -0.2) is 34.8 Å². The Hall–Kier alpha value is -3.01. The lowest BCUT2D eigenvalue weighted by Crippen LogP contribution is -2.26. The van der Waals surface area contributed by atoms with Crippen LogP contribution in [0.2, 0.25) is 5.02 Å². The Kier molecular flexibility index (Phi) is 6.17. The molecule has 2 aromatic heterocycles. The molecule has 0 spiro atoms. The van der Waals surface area contributed by atoms with Crippen LogP contribution < -0.4 is 10.0 Å². The highest BCUT2D eigenvalue weighted by molar-refractivity contribution is 7.89. The molecule has 31 heavy (non-hydrogen) atoms. The normalized spacial score (nSPS) is 11.7. The SMILES string of the molecule is Cc1ccc(S(=O)(=O)NCCc2nnc3ccc(NCc4ccccc4Cl)nn23)cc1. The van der Waals surface area contributed by atoms with Crippen molar-refractivity contribution in [2.45, 2.75) is 24.8 Å². The summed E-state index contributed by atoms with van der Waals surface area (Å²) in [5, 5.41) is 16.7. The number of nitrogens with zero attached hydrogens (tertiary/aromatic N) is 4. The fourth-order valence-corrected chi connectivity index (χ4v) is 4.24. The third-order valence-electron chi connectivity index (χ3n) is 4.72. The van der Waals surface area contributed by atoms with Crippen molar-refractivity contribution in [1.29, 1.82) is 0 Å². The van der Waals surface area contributed by atoms with Gasteiger partial charge >= 0.3 is 0 Å². The zero-order valence-electron chi connectivity index (χ0n) is 16.8. The predicted octanol–water partition coefficient (Wildman–Crippen LogP) is 3.22. The highest BCUT2D eigenvalue weighted by atomic mass is 35.5. The van der Waals surface area contributed by atoms with Crippen LogP contribution in [0, 0.1) is 6.92 Å². The number of sulfonamides is 1. The number of rotatable bonds is 8. The molecule has 0 bridgehead atoms. The second kappa shape index (κ2) is 9.01. The fourth-order valence-electron chi connectivity index (χ4n) is 3.01. The van der Waals surface area contributed by atoms with E-state index >= 15 is 0 Å². The number of hydrogen-bond donors (Lipinski definition) is 2. The molecule has 0 saturated heterocycles. The molecule has 2 heterocycles. The van der Waals surface area contributed by atoms with Crippen molar-refractivity contribution in [2.24, 2.45) is 0 Å². The van der Waals surface area contributed by atoms with E-state index in [0.717, 1.165) is 11.1 Å². The molecular formula is C21H21ClN6O2S. The van der Waals surface area contributed by atoms with Gasteiger partial charge in [-0.3, -0.25) is 0 Å². The summed E-state index contributed by atoms with van der Waals surface area (Å²) >= 11 is 6.20. The van der Waals surface area contributed by atoms with Crippen LogP contribution in [-0.2, 0) is 23.0 Å². The maximum atomic E-state index is 12.4. The Morgan fingerprint density at radius 3 is 2.55 bits per heavy atom. The average molecular weight is 457 g/mol. The van der Waals surface area contributed by atoms with Crippen LogP contribution >= 0.6 is 11.6 Å². The first kappa shape index (κ1) is 21.2. The van der Waals surface area contributed by atoms with Crippen molar-refractivity contribution < 1.29 is 8.42 Å². The molecule has 10 heteroatoms. The molecule has 2 aromatic carbocycles. The lowest BCUT2D eigenvalue weighted by atomic mass is 10.2. The van der Waals surface area contributed by atoms with Gasteiger partial charge in [0.15, 0.2) is 11.5 Å². The molecule has 0 amide bonds. The molecule has 0 atom stereocenters. The summed E-state index contributed by atoms with van der Waals surface area (Å²) in [6.07, 6.45) is 0.341. The fraction of sp³-hybridized carbons (Fsp3) is 0.190. The summed E-state index contributed by atoms with van der Waals surface area (Å²) in [4.78, 5) is 0.230. The number of fused-ring (bicyclic) bond motifs is 1. The largest absolute Gasteiger partial charge is 0.364 e. The second-order valence-electron chi connectivity index (χ2n) is 7.01. The highest BCUT2D eigenvalue weighted by Crippen LogP contribution is 2.17. The number of anilines is 1. The summed E-state index contributed by atoms with van der Waals surface area (Å²) in [6, 6.07) is 17.9. The molecule has 0 unspecified atom stereocenters. The third kappa shape index (κ3) is 5.01. The monoisotopic (exact) mass is 456 g/mol. The number of nitrogens with one attached hydrogen (secondary N) is 2. The molecule has 2 N–H and O–H groups in total. The molecule has 4 rings (SSSR count). The van der Waals surface area contributed by atoms with Crippen molar-refractivity contribution in [2.75, 3.05) is 11.9 Å². The van der Waals surface area contributed by atoms with Gasteiger partial charge in [0, 0.05) is 24.5 Å². The summed E-state index contributed by atoms with van der Waals surface area (Å²) in [6.45, 7) is 2.60. The number of aromatic nitrogens is 4. The van der Waals surface area contributed by atoms with E-state index < -0.39 is 10.0 Å². The molecule has 0 saturated carbocycles. The minimum absolute atomic E-state index is 0.177. The van der Waals surface area contributed by atoms with E-state index in [1.54, 1.807) is 34.8 Å². The topological polar surface area (TPSA) is 101 Å². The van der Waals surface area contributed by atoms with Crippen molar-refractivity contribution in [3.8, 4) is 0 Å². The van der Waals surface area contributed by atoms with E-state index in [4.69, 9.17) is 11.6 Å². The van der Waals surface area contributed by atoms with Gasteiger partial charge in [-0.25, -0.2) is 13.1 Å². The number of hydrogen-bond acceptors (Lipinski definition) is 6. The molecule has 0 fully saturated rings. The van der Waals surface area contributed by atoms with Crippen LogP contribution in [0.5, 0.6) is 0 Å².